The van der Waals surface area contributed by atoms with E-state index in [0.717, 1.165) is 12.0 Å². The first-order valence-electron chi connectivity index (χ1n) is 14.3. The Hall–Kier alpha value is -3.00. The molecule has 1 heterocycles. The Kier molecular flexibility index (Phi) is 8.18. The van der Waals surface area contributed by atoms with Crippen LogP contribution in [0.15, 0.2) is 72.8 Å². The van der Waals surface area contributed by atoms with Crippen LogP contribution in [-0.2, 0) is 15.6 Å². The lowest BCUT2D eigenvalue weighted by atomic mass is 9.89. The lowest BCUT2D eigenvalue weighted by Crippen LogP contribution is -2.67. The number of aliphatic hydroxyl groups excluding tert-OH is 1. The van der Waals surface area contributed by atoms with Crippen molar-refractivity contribution in [1.29, 1.82) is 0 Å². The number of rotatable bonds is 7. The number of carbonyl (C=O) groups excluding carboxylic acids is 1. The number of fused-ring (bicyclic) bond motifs is 2. The summed E-state index contributed by atoms with van der Waals surface area (Å²) in [7, 11) is -2.78. The van der Waals surface area contributed by atoms with Gasteiger partial charge in [0.1, 0.15) is 6.10 Å². The van der Waals surface area contributed by atoms with Crippen LogP contribution < -0.4 is 15.1 Å². The average molecular weight is 563 g/mol. The first-order valence-corrected chi connectivity index (χ1v) is 16.2. The summed E-state index contributed by atoms with van der Waals surface area (Å²) in [4.78, 5) is 12.3. The van der Waals surface area contributed by atoms with Crippen molar-refractivity contribution in [3.8, 4) is 5.75 Å². The Bertz CT molecular complexity index is 1280. The summed E-state index contributed by atoms with van der Waals surface area (Å²) in [5.74, 6) is -1.44. The molecule has 5 nitrogen and oxygen atoms in total. The van der Waals surface area contributed by atoms with Crippen LogP contribution in [0.2, 0.25) is 5.04 Å². The second-order valence-electron chi connectivity index (χ2n) is 11.9. The molecule has 0 spiro atoms. The van der Waals surface area contributed by atoms with Gasteiger partial charge in [-0.25, -0.2) is 9.18 Å². The lowest BCUT2D eigenvalue weighted by Gasteiger charge is -2.44. The van der Waals surface area contributed by atoms with Gasteiger partial charge in [0.05, 0.1) is 18.3 Å². The van der Waals surface area contributed by atoms with Gasteiger partial charge in [0.15, 0.2) is 11.6 Å². The summed E-state index contributed by atoms with van der Waals surface area (Å²) in [5, 5.41) is 13.5. The zero-order valence-electron chi connectivity index (χ0n) is 23.7. The van der Waals surface area contributed by atoms with Gasteiger partial charge < -0.3 is 19.0 Å². The minimum absolute atomic E-state index is 0.00828. The maximum atomic E-state index is 15.5. The molecule has 0 saturated heterocycles. The van der Waals surface area contributed by atoms with Crippen molar-refractivity contribution in [1.82, 2.24) is 0 Å². The molecular formula is C33H39FO5Si. The molecule has 5 rings (SSSR count). The summed E-state index contributed by atoms with van der Waals surface area (Å²) in [6.45, 7) is 8.95. The van der Waals surface area contributed by atoms with Gasteiger partial charge in [-0.2, -0.15) is 0 Å². The maximum Gasteiger partial charge on any atom is 0.341 e. The molecule has 0 radical (unpaired) electrons. The van der Waals surface area contributed by atoms with Crippen LogP contribution >= 0.6 is 0 Å². The normalized spacial score (nSPS) is 22.6. The zero-order valence-corrected chi connectivity index (χ0v) is 24.7. The standard InChI is InChI=1S/C33H39FO5Si/c1-5-37-32(36)26-19-17-22-16-18-25-27(28(35)20-29(25)39-31(22)30(26)34)21-38-40(33(2,3)4,23-12-8-6-9-13-23)24-14-10-7-11-15-24/h6-15,17,19,25,27-29,35H,5,16,18,20-21H2,1-4H3/t25-,27-,28+,29+/m1/s1. The van der Waals surface area contributed by atoms with Crippen molar-refractivity contribution in [3.63, 3.8) is 0 Å². The minimum Gasteiger partial charge on any atom is -0.487 e. The average Bonchev–Trinajstić information content (AvgIpc) is 3.11. The fraction of sp³-hybridized carbons (Fsp3) is 0.424. The van der Waals surface area contributed by atoms with Crippen molar-refractivity contribution in [3.05, 3.63) is 89.7 Å². The Balaban J connectivity index is 1.44. The van der Waals surface area contributed by atoms with Crippen LogP contribution in [0.3, 0.4) is 0 Å². The molecule has 3 aromatic rings. The largest absolute Gasteiger partial charge is 0.487 e. The van der Waals surface area contributed by atoms with E-state index in [1.807, 2.05) is 12.1 Å². The summed E-state index contributed by atoms with van der Waals surface area (Å²) < 4.78 is 33.9. The van der Waals surface area contributed by atoms with Crippen LogP contribution in [0, 0.1) is 17.7 Å². The lowest BCUT2D eigenvalue weighted by molar-refractivity contribution is 0.0518. The Morgan fingerprint density at radius 2 is 1.65 bits per heavy atom. The number of ether oxygens (including phenoxy) is 2. The van der Waals surface area contributed by atoms with Gasteiger partial charge in [-0.1, -0.05) is 87.5 Å². The number of hydrogen-bond acceptors (Lipinski definition) is 5. The van der Waals surface area contributed by atoms with Crippen LogP contribution in [0.5, 0.6) is 5.75 Å². The highest BCUT2D eigenvalue weighted by Gasteiger charge is 2.52. The van der Waals surface area contributed by atoms with Crippen molar-refractivity contribution >= 4 is 24.7 Å². The molecule has 0 aromatic heterocycles. The zero-order chi connectivity index (χ0) is 28.5. The fourth-order valence-electron chi connectivity index (χ4n) is 6.66. The number of aliphatic hydroxyl groups is 1. The van der Waals surface area contributed by atoms with E-state index < -0.39 is 26.2 Å². The number of esters is 1. The van der Waals surface area contributed by atoms with Crippen LogP contribution in [0.1, 0.15) is 56.5 Å². The van der Waals surface area contributed by atoms with Gasteiger partial charge in [-0.3, -0.25) is 0 Å². The third-order valence-electron chi connectivity index (χ3n) is 8.59. The van der Waals surface area contributed by atoms with Crippen molar-refractivity contribution in [2.24, 2.45) is 11.8 Å². The monoisotopic (exact) mass is 562 g/mol. The Morgan fingerprint density at radius 1 is 1.02 bits per heavy atom. The maximum absolute atomic E-state index is 15.5. The molecule has 0 unspecified atom stereocenters. The minimum atomic E-state index is -2.78. The van der Waals surface area contributed by atoms with Crippen molar-refractivity contribution < 1.29 is 28.2 Å². The molecule has 3 aromatic carbocycles. The molecule has 2 aliphatic rings. The van der Waals surface area contributed by atoms with E-state index in [2.05, 4.69) is 69.3 Å². The van der Waals surface area contributed by atoms with E-state index in [9.17, 15) is 9.90 Å². The van der Waals surface area contributed by atoms with Gasteiger partial charge >= 0.3 is 5.97 Å². The van der Waals surface area contributed by atoms with Gasteiger partial charge in [-0.05, 0) is 46.8 Å². The number of hydrogen-bond donors (Lipinski definition) is 1. The summed E-state index contributed by atoms with van der Waals surface area (Å²) in [6, 6.07) is 24.2. The van der Waals surface area contributed by atoms with Crippen molar-refractivity contribution in [2.45, 2.75) is 64.2 Å². The summed E-state index contributed by atoms with van der Waals surface area (Å²) in [5.41, 5.74) is 0.616. The molecule has 1 saturated carbocycles. The Labute approximate surface area is 237 Å². The summed E-state index contributed by atoms with van der Waals surface area (Å²) >= 11 is 0. The molecule has 1 aliphatic heterocycles. The first-order chi connectivity index (χ1) is 19.2. The van der Waals surface area contributed by atoms with Crippen LogP contribution in [0.25, 0.3) is 0 Å². The third-order valence-corrected chi connectivity index (χ3v) is 13.6. The second-order valence-corrected chi connectivity index (χ2v) is 16.2. The van der Waals surface area contributed by atoms with Crippen molar-refractivity contribution in [2.75, 3.05) is 13.2 Å². The van der Waals surface area contributed by atoms with E-state index >= 15 is 4.39 Å². The van der Waals surface area contributed by atoms with Crippen LogP contribution in [-0.4, -0.2) is 44.8 Å². The smallest absolute Gasteiger partial charge is 0.341 e. The van der Waals surface area contributed by atoms with E-state index in [1.54, 1.807) is 13.0 Å². The first kappa shape index (κ1) is 28.5. The highest BCUT2D eigenvalue weighted by atomic mass is 28.4. The molecule has 212 valence electrons. The summed E-state index contributed by atoms with van der Waals surface area (Å²) in [6.07, 6.45) is 0.727. The highest BCUT2D eigenvalue weighted by molar-refractivity contribution is 6.99. The molecule has 7 heteroatoms. The Morgan fingerprint density at radius 3 is 2.23 bits per heavy atom. The predicted molar refractivity (Wildman–Crippen MR) is 156 cm³/mol. The fourth-order valence-corrected chi connectivity index (χ4v) is 11.3. The highest BCUT2D eigenvalue weighted by Crippen LogP contribution is 2.45. The third kappa shape index (κ3) is 5.11. The van der Waals surface area contributed by atoms with E-state index in [4.69, 9.17) is 13.9 Å². The van der Waals surface area contributed by atoms with E-state index in [-0.39, 0.29) is 40.9 Å². The molecule has 1 fully saturated rings. The second kappa shape index (κ2) is 11.5. The molecule has 0 amide bonds. The van der Waals surface area contributed by atoms with Gasteiger partial charge in [0.25, 0.3) is 8.32 Å². The predicted octanol–water partition coefficient (Wildman–Crippen LogP) is 5.27. The molecular weight excluding hydrogens is 523 g/mol. The topological polar surface area (TPSA) is 65.0 Å². The van der Waals surface area contributed by atoms with Gasteiger partial charge in [0, 0.05) is 24.9 Å². The molecule has 0 bridgehead atoms. The number of halogens is 1. The van der Waals surface area contributed by atoms with Gasteiger partial charge in [-0.15, -0.1) is 0 Å². The van der Waals surface area contributed by atoms with E-state index in [0.29, 0.717) is 19.4 Å². The number of carbonyl (C=O) groups is 1. The molecule has 40 heavy (non-hydrogen) atoms. The number of aryl methyl sites for hydroxylation is 1. The van der Waals surface area contributed by atoms with E-state index in [1.165, 1.54) is 16.4 Å². The number of benzene rings is 3. The molecule has 1 N–H and O–H groups in total. The SMILES string of the molecule is CCOC(=O)c1ccc2c(c1F)O[C@H]1C[C@H](O)[C@H](CO[Si](c3ccccc3)(c3ccccc3)C(C)(C)C)[C@H]1CC2. The van der Waals surface area contributed by atoms with Crippen LogP contribution in [0.4, 0.5) is 4.39 Å². The quantitative estimate of drug-likeness (QED) is 0.314. The van der Waals surface area contributed by atoms with Gasteiger partial charge in [0.2, 0.25) is 0 Å². The molecule has 1 aliphatic carbocycles. The molecule has 4 atom stereocenters.